The number of imidazole rings is 1. The topological polar surface area (TPSA) is 245 Å². The van der Waals surface area contributed by atoms with E-state index in [-0.39, 0.29) is 19.4 Å². The number of likely N-dealkylation sites (tertiary alicyclic amines) is 1. The smallest absolute Gasteiger partial charge is 0.326 e. The van der Waals surface area contributed by atoms with E-state index in [4.69, 9.17) is 10.8 Å². The van der Waals surface area contributed by atoms with Crippen LogP contribution in [0.5, 0.6) is 0 Å². The Bertz CT molecular complexity index is 935. The Morgan fingerprint density at radius 1 is 1.06 bits per heavy atom. The Balaban J connectivity index is 2.21. The Morgan fingerprint density at radius 2 is 1.71 bits per heavy atom. The van der Waals surface area contributed by atoms with E-state index in [1.807, 2.05) is 0 Å². The molecule has 0 aliphatic carbocycles. The number of carboxylic acids is 3. The van der Waals surface area contributed by atoms with Gasteiger partial charge in [-0.25, -0.2) is 9.78 Å². The second-order valence-electron chi connectivity index (χ2n) is 7.73. The number of nitrogens with two attached hydrogens (primary N) is 1. The number of hydrogen-bond donors (Lipinski definition) is 7. The summed E-state index contributed by atoms with van der Waals surface area (Å²) in [4.78, 5) is 79.3. The van der Waals surface area contributed by atoms with Crippen molar-refractivity contribution in [1.29, 1.82) is 0 Å². The number of aromatic nitrogens is 2. The molecule has 4 atom stereocenters. The summed E-state index contributed by atoms with van der Waals surface area (Å²) in [6.45, 7) is 0.0835. The van der Waals surface area contributed by atoms with Crippen LogP contribution in [0.15, 0.2) is 12.5 Å². The van der Waals surface area contributed by atoms with Gasteiger partial charge in [0, 0.05) is 24.9 Å². The number of amides is 3. The van der Waals surface area contributed by atoms with Crippen LogP contribution in [0.25, 0.3) is 0 Å². The number of carbonyl (C=O) groups excluding carboxylic acids is 3. The van der Waals surface area contributed by atoms with E-state index in [1.54, 1.807) is 0 Å². The first-order valence-electron chi connectivity index (χ1n) is 10.3. The number of rotatable bonds is 12. The van der Waals surface area contributed by atoms with Crippen molar-refractivity contribution in [3.8, 4) is 0 Å². The Labute approximate surface area is 192 Å². The van der Waals surface area contributed by atoms with Crippen LogP contribution in [0.1, 0.15) is 31.4 Å². The SMILES string of the molecule is NC(CC(=O)O)C(=O)NC(Cc1cnc[nH]1)C(=O)NC(CC(=O)O)C(=O)N1CCCC1C(=O)O. The standard InChI is InChI=1S/C19H26N6O9/c20-10(5-14(26)27)16(30)23-11(4-9-7-21-8-22-9)17(31)24-12(6-15(28)29)18(32)25-3-1-2-13(25)19(33)34/h7-8,10-13H,1-6,20H2,(H,21,22)(H,23,30)(H,24,31)(H,26,27)(H,28,29)(H,33,34). The van der Waals surface area contributed by atoms with Crippen molar-refractivity contribution in [3.63, 3.8) is 0 Å². The van der Waals surface area contributed by atoms with Gasteiger partial charge in [-0.05, 0) is 12.8 Å². The van der Waals surface area contributed by atoms with Crippen molar-refractivity contribution in [2.24, 2.45) is 5.73 Å². The second-order valence-corrected chi connectivity index (χ2v) is 7.73. The van der Waals surface area contributed by atoms with Crippen LogP contribution in [0, 0.1) is 0 Å². The molecule has 3 amide bonds. The number of H-pyrrole nitrogens is 1. The molecule has 2 heterocycles. The van der Waals surface area contributed by atoms with E-state index >= 15 is 0 Å². The molecule has 1 aromatic heterocycles. The lowest BCUT2D eigenvalue weighted by Gasteiger charge is -2.28. The van der Waals surface area contributed by atoms with Crippen molar-refractivity contribution >= 4 is 35.6 Å². The summed E-state index contributed by atoms with van der Waals surface area (Å²) in [6, 6.07) is -5.58. The highest BCUT2D eigenvalue weighted by atomic mass is 16.4. The van der Waals surface area contributed by atoms with Crippen molar-refractivity contribution < 1.29 is 44.1 Å². The summed E-state index contributed by atoms with van der Waals surface area (Å²) in [5, 5.41) is 31.9. The van der Waals surface area contributed by atoms with Crippen LogP contribution in [0.3, 0.4) is 0 Å². The fourth-order valence-corrected chi connectivity index (χ4v) is 3.52. The monoisotopic (exact) mass is 482 g/mol. The van der Waals surface area contributed by atoms with Gasteiger partial charge in [0.1, 0.15) is 18.1 Å². The van der Waals surface area contributed by atoms with E-state index in [1.165, 1.54) is 12.5 Å². The number of carboxylic acid groups (broad SMARTS) is 3. The molecule has 2 rings (SSSR count). The molecule has 1 aliphatic heterocycles. The fraction of sp³-hybridized carbons (Fsp3) is 0.526. The van der Waals surface area contributed by atoms with Gasteiger partial charge < -0.3 is 41.6 Å². The summed E-state index contributed by atoms with van der Waals surface area (Å²) in [7, 11) is 0. The normalized spacial score (nSPS) is 17.9. The molecule has 0 spiro atoms. The largest absolute Gasteiger partial charge is 0.481 e. The van der Waals surface area contributed by atoms with Crippen LogP contribution < -0.4 is 16.4 Å². The molecular weight excluding hydrogens is 456 g/mol. The van der Waals surface area contributed by atoms with Crippen molar-refractivity contribution in [2.45, 2.75) is 56.3 Å². The Morgan fingerprint density at radius 3 is 2.26 bits per heavy atom. The lowest BCUT2D eigenvalue weighted by atomic mass is 10.1. The van der Waals surface area contributed by atoms with E-state index in [0.717, 1.165) is 4.90 Å². The Kier molecular flexibility index (Phi) is 9.06. The van der Waals surface area contributed by atoms with Gasteiger partial charge in [-0.2, -0.15) is 0 Å². The summed E-state index contributed by atoms with van der Waals surface area (Å²) in [6.07, 6.45) is 1.59. The average Bonchev–Trinajstić information content (AvgIpc) is 3.43. The summed E-state index contributed by atoms with van der Waals surface area (Å²) >= 11 is 0. The predicted molar refractivity (Wildman–Crippen MR) is 111 cm³/mol. The molecule has 1 saturated heterocycles. The zero-order valence-electron chi connectivity index (χ0n) is 18.0. The van der Waals surface area contributed by atoms with Gasteiger partial charge in [0.15, 0.2) is 0 Å². The van der Waals surface area contributed by atoms with Gasteiger partial charge in [0.25, 0.3) is 0 Å². The molecule has 34 heavy (non-hydrogen) atoms. The molecule has 15 nitrogen and oxygen atoms in total. The fourth-order valence-electron chi connectivity index (χ4n) is 3.52. The first-order valence-corrected chi connectivity index (χ1v) is 10.3. The number of carbonyl (C=O) groups is 6. The average molecular weight is 482 g/mol. The van der Waals surface area contributed by atoms with Crippen LogP contribution >= 0.6 is 0 Å². The number of nitrogens with one attached hydrogen (secondary N) is 3. The third-order valence-electron chi connectivity index (χ3n) is 5.16. The van der Waals surface area contributed by atoms with E-state index < -0.39 is 72.6 Å². The van der Waals surface area contributed by atoms with Gasteiger partial charge in [-0.15, -0.1) is 0 Å². The molecule has 4 unspecified atom stereocenters. The molecular formula is C19H26N6O9. The third kappa shape index (κ3) is 7.26. The molecule has 15 heteroatoms. The zero-order chi connectivity index (χ0) is 25.4. The van der Waals surface area contributed by atoms with E-state index in [9.17, 15) is 39.0 Å². The van der Waals surface area contributed by atoms with Crippen LogP contribution in [0.4, 0.5) is 0 Å². The number of aromatic amines is 1. The number of nitrogens with zero attached hydrogens (tertiary/aromatic N) is 2. The quantitative estimate of drug-likeness (QED) is 0.161. The summed E-state index contributed by atoms with van der Waals surface area (Å²) in [5.41, 5.74) is 5.94. The van der Waals surface area contributed by atoms with Gasteiger partial charge in [-0.1, -0.05) is 0 Å². The van der Waals surface area contributed by atoms with Gasteiger partial charge in [-0.3, -0.25) is 24.0 Å². The maximum absolute atomic E-state index is 13.0. The minimum absolute atomic E-state index is 0.0835. The molecule has 1 fully saturated rings. The van der Waals surface area contributed by atoms with Gasteiger partial charge in [0.2, 0.25) is 17.7 Å². The molecule has 0 saturated carbocycles. The highest BCUT2D eigenvalue weighted by Gasteiger charge is 2.39. The van der Waals surface area contributed by atoms with Crippen molar-refractivity contribution in [1.82, 2.24) is 25.5 Å². The van der Waals surface area contributed by atoms with Gasteiger partial charge in [0.05, 0.1) is 25.2 Å². The maximum atomic E-state index is 13.0. The minimum atomic E-state index is -1.60. The molecule has 8 N–H and O–H groups in total. The molecule has 1 aromatic rings. The Hall–Kier alpha value is -4.01. The lowest BCUT2D eigenvalue weighted by Crippen LogP contribution is -2.58. The molecule has 1 aliphatic rings. The third-order valence-corrected chi connectivity index (χ3v) is 5.16. The summed E-state index contributed by atoms with van der Waals surface area (Å²) in [5.74, 6) is -6.77. The minimum Gasteiger partial charge on any atom is -0.481 e. The van der Waals surface area contributed by atoms with E-state index in [2.05, 4.69) is 20.6 Å². The first-order chi connectivity index (χ1) is 16.0. The van der Waals surface area contributed by atoms with Crippen molar-refractivity contribution in [2.75, 3.05) is 6.54 Å². The number of aliphatic carboxylic acids is 3. The van der Waals surface area contributed by atoms with Crippen LogP contribution in [-0.2, 0) is 35.2 Å². The highest BCUT2D eigenvalue weighted by molar-refractivity contribution is 5.96. The first kappa shape index (κ1) is 26.2. The highest BCUT2D eigenvalue weighted by Crippen LogP contribution is 2.19. The molecule has 0 radical (unpaired) electrons. The lowest BCUT2D eigenvalue weighted by molar-refractivity contribution is -0.150. The zero-order valence-corrected chi connectivity index (χ0v) is 18.0. The van der Waals surface area contributed by atoms with Crippen LogP contribution in [0.2, 0.25) is 0 Å². The summed E-state index contributed by atoms with van der Waals surface area (Å²) < 4.78 is 0. The van der Waals surface area contributed by atoms with Crippen molar-refractivity contribution in [3.05, 3.63) is 18.2 Å². The van der Waals surface area contributed by atoms with Crippen LogP contribution in [-0.4, -0.2) is 96.5 Å². The van der Waals surface area contributed by atoms with Gasteiger partial charge >= 0.3 is 17.9 Å². The predicted octanol–water partition coefficient (Wildman–Crippen LogP) is -2.73. The van der Waals surface area contributed by atoms with E-state index in [0.29, 0.717) is 12.1 Å². The maximum Gasteiger partial charge on any atom is 0.326 e. The molecule has 0 aromatic carbocycles. The molecule has 186 valence electrons. The second kappa shape index (κ2) is 11.7. The molecule has 0 bridgehead atoms. The number of hydrogen-bond acceptors (Lipinski definition) is 8.